The van der Waals surface area contributed by atoms with Crippen molar-refractivity contribution in [1.82, 2.24) is 4.72 Å². The van der Waals surface area contributed by atoms with Crippen LogP contribution in [0.4, 0.5) is 5.69 Å². The standard InChI is InChI=1S/C20H24N2O4S/c1-14-11-17(26-3)12-15(2)20(14)27(24,25)21-13-19(23)22-10-6-8-16-7-4-5-9-18(16)22/h4-5,7,9,11-12,21H,6,8,10,13H2,1-3H3. The summed E-state index contributed by atoms with van der Waals surface area (Å²) in [7, 11) is -2.27. The highest BCUT2D eigenvalue weighted by molar-refractivity contribution is 7.89. The normalized spacial score (nSPS) is 14.0. The Hall–Kier alpha value is -2.38. The number of ether oxygens (including phenoxy) is 1. The van der Waals surface area contributed by atoms with E-state index in [1.54, 1.807) is 30.9 Å². The lowest BCUT2D eigenvalue weighted by atomic mass is 10.0. The molecule has 7 heteroatoms. The van der Waals surface area contributed by atoms with Crippen LogP contribution in [0.2, 0.25) is 0 Å². The largest absolute Gasteiger partial charge is 0.497 e. The molecular weight excluding hydrogens is 364 g/mol. The van der Waals surface area contributed by atoms with Gasteiger partial charge in [0, 0.05) is 12.2 Å². The summed E-state index contributed by atoms with van der Waals surface area (Å²) in [6.07, 6.45) is 1.79. The zero-order chi connectivity index (χ0) is 19.6. The van der Waals surface area contributed by atoms with Crippen molar-refractivity contribution in [2.75, 3.05) is 25.1 Å². The van der Waals surface area contributed by atoms with Gasteiger partial charge in [-0.1, -0.05) is 18.2 Å². The van der Waals surface area contributed by atoms with E-state index in [9.17, 15) is 13.2 Å². The van der Waals surface area contributed by atoms with Crippen LogP contribution < -0.4 is 14.4 Å². The zero-order valence-corrected chi connectivity index (χ0v) is 16.6. The number of benzene rings is 2. The number of carbonyl (C=O) groups excluding carboxylic acids is 1. The van der Waals surface area contributed by atoms with Gasteiger partial charge in [-0.3, -0.25) is 4.79 Å². The Balaban J connectivity index is 1.78. The van der Waals surface area contributed by atoms with Gasteiger partial charge in [-0.2, -0.15) is 0 Å². The molecule has 6 nitrogen and oxygen atoms in total. The third kappa shape index (κ3) is 3.99. The van der Waals surface area contributed by atoms with Crippen molar-refractivity contribution in [3.8, 4) is 5.75 Å². The molecule has 0 spiro atoms. The highest BCUT2D eigenvalue weighted by Gasteiger charge is 2.25. The lowest BCUT2D eigenvalue weighted by Crippen LogP contribution is -2.42. The number of hydrogen-bond donors (Lipinski definition) is 1. The van der Waals surface area contributed by atoms with Crippen LogP contribution >= 0.6 is 0 Å². The van der Waals surface area contributed by atoms with Gasteiger partial charge in [-0.05, 0) is 61.6 Å². The van der Waals surface area contributed by atoms with E-state index in [0.717, 1.165) is 24.1 Å². The van der Waals surface area contributed by atoms with Crippen molar-refractivity contribution in [1.29, 1.82) is 0 Å². The lowest BCUT2D eigenvalue weighted by Gasteiger charge is -2.29. The molecule has 0 saturated heterocycles. The molecule has 1 aliphatic heterocycles. The van der Waals surface area contributed by atoms with Crippen molar-refractivity contribution in [3.63, 3.8) is 0 Å². The van der Waals surface area contributed by atoms with E-state index in [2.05, 4.69) is 4.72 Å². The Morgan fingerprint density at radius 2 is 1.85 bits per heavy atom. The molecule has 1 amide bonds. The van der Waals surface area contributed by atoms with Crippen molar-refractivity contribution >= 4 is 21.6 Å². The number of carbonyl (C=O) groups is 1. The van der Waals surface area contributed by atoms with Gasteiger partial charge in [-0.25, -0.2) is 13.1 Å². The fourth-order valence-corrected chi connectivity index (χ4v) is 4.99. The number of methoxy groups -OCH3 is 1. The lowest BCUT2D eigenvalue weighted by molar-refractivity contribution is -0.117. The topological polar surface area (TPSA) is 75.7 Å². The molecule has 27 heavy (non-hydrogen) atoms. The molecule has 0 unspecified atom stereocenters. The molecule has 144 valence electrons. The van der Waals surface area contributed by atoms with Crippen LogP contribution in [-0.2, 0) is 21.2 Å². The first-order valence-electron chi connectivity index (χ1n) is 8.86. The number of fused-ring (bicyclic) bond motifs is 1. The van der Waals surface area contributed by atoms with Crippen LogP contribution in [0.5, 0.6) is 5.75 Å². The number of para-hydroxylation sites is 1. The van der Waals surface area contributed by atoms with Gasteiger partial charge in [0.25, 0.3) is 0 Å². The molecule has 1 heterocycles. The summed E-state index contributed by atoms with van der Waals surface area (Å²) in [5, 5.41) is 0. The molecule has 0 bridgehead atoms. The highest BCUT2D eigenvalue weighted by Crippen LogP contribution is 2.27. The van der Waals surface area contributed by atoms with Crippen molar-refractivity contribution in [2.45, 2.75) is 31.6 Å². The van der Waals surface area contributed by atoms with Gasteiger partial charge in [-0.15, -0.1) is 0 Å². The molecule has 0 saturated carbocycles. The number of nitrogens with zero attached hydrogens (tertiary/aromatic N) is 1. The fraction of sp³-hybridized carbons (Fsp3) is 0.350. The molecule has 0 aromatic heterocycles. The third-order valence-corrected chi connectivity index (χ3v) is 6.47. The van der Waals surface area contributed by atoms with Crippen molar-refractivity contribution < 1.29 is 17.9 Å². The van der Waals surface area contributed by atoms with Gasteiger partial charge in [0.05, 0.1) is 18.6 Å². The molecule has 3 rings (SSSR count). The predicted molar refractivity (Wildman–Crippen MR) is 105 cm³/mol. The van der Waals surface area contributed by atoms with Gasteiger partial charge < -0.3 is 9.64 Å². The first kappa shape index (κ1) is 19.4. The first-order valence-corrected chi connectivity index (χ1v) is 10.3. The maximum atomic E-state index is 12.8. The number of anilines is 1. The molecule has 0 aliphatic carbocycles. The maximum Gasteiger partial charge on any atom is 0.242 e. The van der Waals surface area contributed by atoms with Crippen LogP contribution in [0.3, 0.4) is 0 Å². The summed E-state index contributed by atoms with van der Waals surface area (Å²) < 4.78 is 33.2. The summed E-state index contributed by atoms with van der Waals surface area (Å²) in [6.45, 7) is 3.75. The van der Waals surface area contributed by atoms with Gasteiger partial charge in [0.2, 0.25) is 15.9 Å². The van der Waals surface area contributed by atoms with Crippen molar-refractivity contribution in [3.05, 3.63) is 53.1 Å². The Kier molecular flexibility index (Phi) is 5.53. The van der Waals surface area contributed by atoms with E-state index in [4.69, 9.17) is 4.74 Å². The second kappa shape index (κ2) is 7.70. The fourth-order valence-electron chi connectivity index (χ4n) is 3.57. The minimum absolute atomic E-state index is 0.190. The monoisotopic (exact) mass is 388 g/mol. The van der Waals surface area contributed by atoms with Crippen molar-refractivity contribution in [2.24, 2.45) is 0 Å². The van der Waals surface area contributed by atoms with E-state index in [1.807, 2.05) is 24.3 Å². The number of rotatable bonds is 5. The van der Waals surface area contributed by atoms with Crippen LogP contribution in [0.25, 0.3) is 0 Å². The van der Waals surface area contributed by atoms with E-state index >= 15 is 0 Å². The number of hydrogen-bond acceptors (Lipinski definition) is 4. The smallest absolute Gasteiger partial charge is 0.242 e. The molecule has 0 radical (unpaired) electrons. The van der Waals surface area contributed by atoms with Gasteiger partial charge >= 0.3 is 0 Å². The number of aryl methyl sites for hydroxylation is 3. The van der Waals surface area contributed by atoms with Gasteiger partial charge in [0.1, 0.15) is 5.75 Å². The number of sulfonamides is 1. The van der Waals surface area contributed by atoms with Crippen LogP contribution in [0, 0.1) is 13.8 Å². The molecular formula is C20H24N2O4S. The summed E-state index contributed by atoms with van der Waals surface area (Å²) in [6, 6.07) is 11.1. The Labute approximate surface area is 160 Å². The SMILES string of the molecule is COc1cc(C)c(S(=O)(=O)NCC(=O)N2CCCc3ccccc32)c(C)c1. The molecule has 2 aromatic rings. The van der Waals surface area contributed by atoms with Crippen LogP contribution in [0.1, 0.15) is 23.1 Å². The van der Waals surface area contributed by atoms with Gasteiger partial charge in [0.15, 0.2) is 0 Å². The summed E-state index contributed by atoms with van der Waals surface area (Å²) in [4.78, 5) is 14.5. The molecule has 0 atom stereocenters. The average molecular weight is 388 g/mol. The van der Waals surface area contributed by atoms with E-state index < -0.39 is 10.0 Å². The minimum Gasteiger partial charge on any atom is -0.497 e. The third-order valence-electron chi connectivity index (χ3n) is 4.76. The second-order valence-electron chi connectivity index (χ2n) is 6.69. The molecule has 2 aromatic carbocycles. The Morgan fingerprint density at radius 3 is 2.52 bits per heavy atom. The highest BCUT2D eigenvalue weighted by atomic mass is 32.2. The van der Waals surface area contributed by atoms with Crippen LogP contribution in [-0.4, -0.2) is 34.5 Å². The Morgan fingerprint density at radius 1 is 1.19 bits per heavy atom. The summed E-state index contributed by atoms with van der Waals surface area (Å²) >= 11 is 0. The van der Waals surface area contributed by atoms with Crippen LogP contribution in [0.15, 0.2) is 41.3 Å². The summed E-state index contributed by atoms with van der Waals surface area (Å²) in [5.41, 5.74) is 3.14. The molecule has 0 fully saturated rings. The molecule has 1 N–H and O–H groups in total. The average Bonchev–Trinajstić information content (AvgIpc) is 2.64. The van der Waals surface area contributed by atoms with E-state index in [1.165, 1.54) is 7.11 Å². The summed E-state index contributed by atoms with van der Waals surface area (Å²) in [5.74, 6) is 0.347. The zero-order valence-electron chi connectivity index (χ0n) is 15.8. The van der Waals surface area contributed by atoms with E-state index in [0.29, 0.717) is 23.4 Å². The number of amides is 1. The Bertz CT molecular complexity index is 947. The number of nitrogens with one attached hydrogen (secondary N) is 1. The molecule has 1 aliphatic rings. The quantitative estimate of drug-likeness (QED) is 0.854. The van der Waals surface area contributed by atoms with E-state index in [-0.39, 0.29) is 17.3 Å². The predicted octanol–water partition coefficient (Wildman–Crippen LogP) is 2.57. The minimum atomic E-state index is -3.81. The maximum absolute atomic E-state index is 12.8. The first-order chi connectivity index (χ1) is 12.8. The second-order valence-corrected chi connectivity index (χ2v) is 8.40.